The zero-order chi connectivity index (χ0) is 17.6. The minimum absolute atomic E-state index is 0.244. The molecule has 2 heterocycles. The number of piperidine rings is 1. The van der Waals surface area contributed by atoms with Crippen molar-refractivity contribution in [2.75, 3.05) is 31.9 Å². The van der Waals surface area contributed by atoms with E-state index in [0.29, 0.717) is 5.41 Å². The molecule has 1 saturated carbocycles. The first-order valence-corrected chi connectivity index (χ1v) is 8.88. The lowest BCUT2D eigenvalue weighted by atomic mass is 10.0. The molecule has 2 fully saturated rings. The third kappa shape index (κ3) is 2.96. The average molecular weight is 339 g/mol. The summed E-state index contributed by atoms with van der Waals surface area (Å²) in [6.45, 7) is 6.34. The van der Waals surface area contributed by atoms with Crippen LogP contribution in [-0.4, -0.2) is 40.6 Å². The number of nitrogen functional groups attached to an aromatic ring is 1. The first kappa shape index (κ1) is 16.3. The van der Waals surface area contributed by atoms with Gasteiger partial charge in [0.05, 0.1) is 5.69 Å². The van der Waals surface area contributed by atoms with Crippen LogP contribution in [0.25, 0.3) is 5.69 Å². The van der Waals surface area contributed by atoms with Crippen LogP contribution in [0.4, 0.5) is 5.82 Å². The lowest BCUT2D eigenvalue weighted by Crippen LogP contribution is -2.30. The maximum atomic E-state index is 12.0. The molecule has 4 rings (SSSR count). The predicted molar refractivity (Wildman–Crippen MR) is 98.7 cm³/mol. The van der Waals surface area contributed by atoms with Crippen molar-refractivity contribution in [3.05, 3.63) is 52.1 Å². The molecule has 2 aromatic rings. The van der Waals surface area contributed by atoms with Crippen LogP contribution >= 0.6 is 0 Å². The summed E-state index contributed by atoms with van der Waals surface area (Å²) in [5.41, 5.74) is 14.9. The number of nitrogens with two attached hydrogens (primary N) is 2. The summed E-state index contributed by atoms with van der Waals surface area (Å²) in [7, 11) is 0. The van der Waals surface area contributed by atoms with E-state index in [9.17, 15) is 4.79 Å². The Labute approximate surface area is 147 Å². The first-order valence-electron chi connectivity index (χ1n) is 8.88. The quantitative estimate of drug-likeness (QED) is 0.846. The number of aryl methyl sites for hydroxylation is 1. The Kier molecular flexibility index (Phi) is 3.89. The Morgan fingerprint density at radius 1 is 1.36 bits per heavy atom. The van der Waals surface area contributed by atoms with Gasteiger partial charge in [0.25, 0.3) is 0 Å². The van der Waals surface area contributed by atoms with Crippen molar-refractivity contribution in [3.63, 3.8) is 0 Å². The molecule has 6 nitrogen and oxygen atoms in total. The van der Waals surface area contributed by atoms with Crippen LogP contribution in [0.5, 0.6) is 0 Å². The maximum Gasteiger partial charge on any atom is 0.354 e. The molecule has 1 aliphatic carbocycles. The van der Waals surface area contributed by atoms with Crippen LogP contribution in [0.3, 0.4) is 0 Å². The van der Waals surface area contributed by atoms with Gasteiger partial charge in [-0.15, -0.1) is 0 Å². The molecule has 132 valence electrons. The molecule has 1 aromatic heterocycles. The molecule has 2 unspecified atom stereocenters. The standard InChI is InChI=1S/C19H25N5O/c1-13-8-16(24-7-5-17(21)22-18(24)25)3-2-14(13)4-6-23-10-15-9-19(15,11-20)12-23/h2-3,5,7-8,15H,4,6,9-12,20H2,1H3,(H2,21,22,25). The van der Waals surface area contributed by atoms with Gasteiger partial charge in [-0.25, -0.2) is 4.79 Å². The van der Waals surface area contributed by atoms with E-state index in [1.54, 1.807) is 12.3 Å². The van der Waals surface area contributed by atoms with Crippen molar-refractivity contribution in [1.82, 2.24) is 14.5 Å². The lowest BCUT2D eigenvalue weighted by molar-refractivity contribution is 0.285. The monoisotopic (exact) mass is 339 g/mol. The number of nitrogens with zero attached hydrogens (tertiary/aromatic N) is 3. The predicted octanol–water partition coefficient (Wildman–Crippen LogP) is 0.946. The van der Waals surface area contributed by atoms with E-state index in [4.69, 9.17) is 11.5 Å². The van der Waals surface area contributed by atoms with Gasteiger partial charge < -0.3 is 16.4 Å². The first-order chi connectivity index (χ1) is 12.0. The van der Waals surface area contributed by atoms with Crippen LogP contribution in [0.2, 0.25) is 0 Å². The molecule has 0 amide bonds. The van der Waals surface area contributed by atoms with Crippen LogP contribution in [0, 0.1) is 18.3 Å². The highest BCUT2D eigenvalue weighted by Crippen LogP contribution is 2.56. The van der Waals surface area contributed by atoms with Crippen molar-refractivity contribution in [3.8, 4) is 5.69 Å². The number of likely N-dealkylation sites (tertiary alicyclic amines) is 1. The highest BCUT2D eigenvalue weighted by atomic mass is 16.1. The molecule has 25 heavy (non-hydrogen) atoms. The lowest BCUT2D eigenvalue weighted by Gasteiger charge is -2.20. The van der Waals surface area contributed by atoms with E-state index in [0.717, 1.165) is 37.7 Å². The fraction of sp³-hybridized carbons (Fsp3) is 0.474. The second-order valence-corrected chi connectivity index (χ2v) is 7.57. The summed E-state index contributed by atoms with van der Waals surface area (Å²) in [4.78, 5) is 18.3. The van der Waals surface area contributed by atoms with Gasteiger partial charge in [0.2, 0.25) is 0 Å². The Bertz CT molecular complexity index is 857. The van der Waals surface area contributed by atoms with Gasteiger partial charge in [0.15, 0.2) is 0 Å². The fourth-order valence-electron chi connectivity index (χ4n) is 4.19. The number of hydrogen-bond donors (Lipinski definition) is 2. The molecular formula is C19H25N5O. The molecule has 4 N–H and O–H groups in total. The summed E-state index contributed by atoms with van der Waals surface area (Å²) in [5.74, 6) is 1.07. The molecule has 1 aliphatic heterocycles. The van der Waals surface area contributed by atoms with E-state index in [2.05, 4.69) is 22.9 Å². The van der Waals surface area contributed by atoms with Crippen molar-refractivity contribution in [2.24, 2.45) is 17.1 Å². The van der Waals surface area contributed by atoms with Gasteiger partial charge in [-0.1, -0.05) is 6.07 Å². The van der Waals surface area contributed by atoms with E-state index < -0.39 is 0 Å². The molecule has 1 saturated heterocycles. The minimum atomic E-state index is -0.351. The summed E-state index contributed by atoms with van der Waals surface area (Å²) in [6.07, 6.45) is 4.01. The van der Waals surface area contributed by atoms with Gasteiger partial charge >= 0.3 is 5.69 Å². The minimum Gasteiger partial charge on any atom is -0.383 e. The van der Waals surface area contributed by atoms with Gasteiger partial charge in [-0.3, -0.25) is 4.57 Å². The summed E-state index contributed by atoms with van der Waals surface area (Å²) < 4.78 is 1.52. The van der Waals surface area contributed by atoms with Crippen molar-refractivity contribution >= 4 is 5.82 Å². The molecule has 2 atom stereocenters. The summed E-state index contributed by atoms with van der Waals surface area (Å²) >= 11 is 0. The number of benzene rings is 1. The molecule has 0 radical (unpaired) electrons. The second kappa shape index (κ2) is 5.97. The Morgan fingerprint density at radius 2 is 2.20 bits per heavy atom. The van der Waals surface area contributed by atoms with Gasteiger partial charge in [-0.2, -0.15) is 4.98 Å². The van der Waals surface area contributed by atoms with E-state index in [1.807, 2.05) is 12.1 Å². The van der Waals surface area contributed by atoms with Crippen molar-refractivity contribution in [2.45, 2.75) is 19.8 Å². The molecule has 6 heteroatoms. The number of fused-ring (bicyclic) bond motifs is 1. The number of hydrogen-bond acceptors (Lipinski definition) is 5. The Morgan fingerprint density at radius 3 is 2.88 bits per heavy atom. The molecular weight excluding hydrogens is 314 g/mol. The zero-order valence-electron chi connectivity index (χ0n) is 14.6. The molecule has 0 spiro atoms. The molecule has 2 aliphatic rings. The second-order valence-electron chi connectivity index (χ2n) is 7.57. The zero-order valence-corrected chi connectivity index (χ0v) is 14.6. The molecule has 0 bridgehead atoms. The topological polar surface area (TPSA) is 90.2 Å². The van der Waals surface area contributed by atoms with Crippen molar-refractivity contribution in [1.29, 1.82) is 0 Å². The van der Waals surface area contributed by atoms with Crippen LogP contribution in [-0.2, 0) is 6.42 Å². The van der Waals surface area contributed by atoms with Gasteiger partial charge in [-0.05, 0) is 67.0 Å². The number of aromatic nitrogens is 2. The van der Waals surface area contributed by atoms with E-state index in [1.165, 1.54) is 28.7 Å². The number of rotatable bonds is 5. The largest absolute Gasteiger partial charge is 0.383 e. The third-order valence-corrected chi connectivity index (χ3v) is 5.91. The normalized spacial score (nSPS) is 25.1. The van der Waals surface area contributed by atoms with E-state index in [-0.39, 0.29) is 11.5 Å². The summed E-state index contributed by atoms with van der Waals surface area (Å²) in [5, 5.41) is 0. The van der Waals surface area contributed by atoms with Crippen LogP contribution < -0.4 is 17.2 Å². The SMILES string of the molecule is Cc1cc(-n2ccc(N)nc2=O)ccc1CCN1CC2CC2(CN)C1. The smallest absolute Gasteiger partial charge is 0.354 e. The molecule has 1 aromatic carbocycles. The third-order valence-electron chi connectivity index (χ3n) is 5.91. The van der Waals surface area contributed by atoms with Crippen molar-refractivity contribution < 1.29 is 0 Å². The Hall–Kier alpha value is -2.18. The Balaban J connectivity index is 1.44. The fourth-order valence-corrected chi connectivity index (χ4v) is 4.19. The van der Waals surface area contributed by atoms with E-state index >= 15 is 0 Å². The maximum absolute atomic E-state index is 12.0. The highest BCUT2D eigenvalue weighted by molar-refractivity contribution is 5.41. The van der Waals surface area contributed by atoms with Gasteiger partial charge in [0.1, 0.15) is 5.82 Å². The average Bonchev–Trinajstić information content (AvgIpc) is 3.15. The van der Waals surface area contributed by atoms with Crippen LogP contribution in [0.1, 0.15) is 17.5 Å². The van der Waals surface area contributed by atoms with Gasteiger partial charge in [0, 0.05) is 25.8 Å². The summed E-state index contributed by atoms with van der Waals surface area (Å²) in [6, 6.07) is 7.77. The highest BCUT2D eigenvalue weighted by Gasteiger charge is 2.58. The van der Waals surface area contributed by atoms with Crippen LogP contribution in [0.15, 0.2) is 35.3 Å². The number of anilines is 1.